The first-order chi connectivity index (χ1) is 17.9. The van der Waals surface area contributed by atoms with Crippen LogP contribution in [0.2, 0.25) is 0 Å². The molecule has 5 heteroatoms. The number of nitrogens with zero attached hydrogens (tertiary/aromatic N) is 2. The van der Waals surface area contributed by atoms with Gasteiger partial charge in [0.25, 0.3) is 0 Å². The number of hydrogen-bond acceptors (Lipinski definition) is 4. The molecule has 2 atom stereocenters. The van der Waals surface area contributed by atoms with Crippen molar-refractivity contribution in [3.63, 3.8) is 0 Å². The van der Waals surface area contributed by atoms with Crippen LogP contribution in [0.3, 0.4) is 0 Å². The van der Waals surface area contributed by atoms with Gasteiger partial charge in [0.1, 0.15) is 11.5 Å². The molecule has 0 saturated heterocycles. The van der Waals surface area contributed by atoms with Gasteiger partial charge in [0.05, 0.1) is 0 Å². The van der Waals surface area contributed by atoms with Gasteiger partial charge in [-0.25, -0.2) is 0 Å². The SMILES string of the molecule is CCC(C)N=Cc1cc(C(C)(C)C)cc(C(C)(C)C)c1O.CCC(C)N=Cc1cc(C)cc(CC(C)C)c1O.[CH3-].[Zr]. The van der Waals surface area contributed by atoms with Crippen LogP contribution in [0, 0.1) is 20.3 Å². The molecule has 0 saturated carbocycles. The van der Waals surface area contributed by atoms with E-state index in [9.17, 15) is 10.2 Å². The van der Waals surface area contributed by atoms with Crippen molar-refractivity contribution in [1.29, 1.82) is 0 Å². The van der Waals surface area contributed by atoms with Crippen LogP contribution in [0.4, 0.5) is 0 Å². The van der Waals surface area contributed by atoms with E-state index in [1.165, 1.54) is 11.1 Å². The molecular weight excluding hydrogens is 584 g/mol. The molecule has 230 valence electrons. The first-order valence-electron chi connectivity index (χ1n) is 14.7. The van der Waals surface area contributed by atoms with E-state index in [2.05, 4.69) is 118 Å². The maximum atomic E-state index is 10.6. The smallest absolute Gasteiger partial charge is 0.128 e. The summed E-state index contributed by atoms with van der Waals surface area (Å²) >= 11 is 0. The molecule has 0 radical (unpaired) electrons. The number of benzene rings is 2. The van der Waals surface area contributed by atoms with Crippen LogP contribution < -0.4 is 0 Å². The normalized spacial score (nSPS) is 13.4. The number of aromatic hydroxyl groups is 2. The molecule has 0 aromatic heterocycles. The minimum Gasteiger partial charge on any atom is -0.507 e. The number of phenols is 2. The van der Waals surface area contributed by atoms with Gasteiger partial charge in [-0.2, -0.15) is 0 Å². The fourth-order valence-corrected chi connectivity index (χ4v) is 3.96. The molecule has 2 rings (SSSR count). The van der Waals surface area contributed by atoms with Crippen LogP contribution in [-0.4, -0.2) is 34.7 Å². The molecule has 0 aliphatic carbocycles. The van der Waals surface area contributed by atoms with E-state index >= 15 is 0 Å². The molecule has 41 heavy (non-hydrogen) atoms. The second-order valence-corrected chi connectivity index (χ2v) is 13.5. The molecule has 2 aromatic carbocycles. The molecule has 0 bridgehead atoms. The Morgan fingerprint density at radius 3 is 1.59 bits per heavy atom. The monoisotopic (exact) mass is 641 g/mol. The maximum Gasteiger partial charge on any atom is 0.128 e. The van der Waals surface area contributed by atoms with Gasteiger partial charge in [-0.3, -0.25) is 9.98 Å². The molecule has 2 N–H and O–H groups in total. The van der Waals surface area contributed by atoms with E-state index < -0.39 is 0 Å². The third-order valence-electron chi connectivity index (χ3n) is 6.92. The molecule has 0 heterocycles. The van der Waals surface area contributed by atoms with E-state index in [4.69, 9.17) is 0 Å². The molecule has 2 unspecified atom stereocenters. The van der Waals surface area contributed by atoms with Crippen molar-refractivity contribution in [3.8, 4) is 11.5 Å². The second kappa shape index (κ2) is 18.0. The summed E-state index contributed by atoms with van der Waals surface area (Å²) in [5, 5.41) is 20.9. The van der Waals surface area contributed by atoms with Gasteiger partial charge in [-0.05, 0) is 85.6 Å². The number of aliphatic imine (C=N–C) groups is 2. The van der Waals surface area contributed by atoms with Crippen molar-refractivity contribution in [2.45, 2.75) is 132 Å². The number of hydrogen-bond donors (Lipinski definition) is 2. The maximum absolute atomic E-state index is 10.6. The van der Waals surface area contributed by atoms with Crippen molar-refractivity contribution in [1.82, 2.24) is 0 Å². The quantitative estimate of drug-likeness (QED) is 0.222. The Hall–Kier alpha value is -1.74. The summed E-state index contributed by atoms with van der Waals surface area (Å²) in [7, 11) is 0. The van der Waals surface area contributed by atoms with Crippen molar-refractivity contribution >= 4 is 12.4 Å². The summed E-state index contributed by atoms with van der Waals surface area (Å²) < 4.78 is 0. The van der Waals surface area contributed by atoms with Gasteiger partial charge in [0.2, 0.25) is 0 Å². The standard InChI is InChI=1S/C19H31NO.C16H25NO.CH3.Zr/c1-9-13(2)20-12-14-10-15(18(3,4)5)11-16(17(14)21)19(6,7)8;1-6-13(5)17-10-15-9-12(4)8-14(16(15)18)7-11(2)3;;/h10-13,21H,9H2,1-8H3;8-11,13,18H,6-7H2,1-5H3;1H3;/q;;-1;. The minimum absolute atomic E-state index is 0. The van der Waals surface area contributed by atoms with E-state index in [1.54, 1.807) is 6.21 Å². The Balaban J connectivity index is 0. The van der Waals surface area contributed by atoms with Gasteiger partial charge in [0.15, 0.2) is 0 Å². The van der Waals surface area contributed by atoms with Crippen molar-refractivity contribution in [3.05, 3.63) is 65.1 Å². The Morgan fingerprint density at radius 2 is 1.20 bits per heavy atom. The molecular formula is C36H59N2O2Zr-. The minimum atomic E-state index is -0.0930. The predicted molar refractivity (Wildman–Crippen MR) is 178 cm³/mol. The number of aryl methyl sites for hydroxylation is 1. The Bertz CT molecular complexity index is 1120. The molecule has 2 aromatic rings. The van der Waals surface area contributed by atoms with Crippen LogP contribution in [0.1, 0.15) is 129 Å². The van der Waals surface area contributed by atoms with Crippen LogP contribution in [0.25, 0.3) is 0 Å². The summed E-state index contributed by atoms with van der Waals surface area (Å²) in [6.45, 7) is 27.8. The number of phenolic OH excluding ortho intramolecular Hbond substituents is 2. The van der Waals surface area contributed by atoms with Crippen LogP contribution in [-0.2, 0) is 43.5 Å². The summed E-state index contributed by atoms with van der Waals surface area (Å²) in [6, 6.07) is 8.84. The predicted octanol–water partition coefficient (Wildman–Crippen LogP) is 9.77. The van der Waals surface area contributed by atoms with Gasteiger partial charge in [-0.15, -0.1) is 0 Å². The van der Waals surface area contributed by atoms with Crippen LogP contribution in [0.5, 0.6) is 11.5 Å². The van der Waals surface area contributed by atoms with Gasteiger partial charge >= 0.3 is 0 Å². The zero-order valence-corrected chi connectivity index (χ0v) is 31.1. The molecule has 0 aliphatic rings. The van der Waals surface area contributed by atoms with E-state index in [0.29, 0.717) is 23.5 Å². The Kier molecular flexibility index (Phi) is 18.2. The number of rotatable bonds is 8. The average Bonchev–Trinajstić information content (AvgIpc) is 2.82. The molecule has 0 fully saturated rings. The summed E-state index contributed by atoms with van der Waals surface area (Å²) in [5.74, 6) is 1.29. The van der Waals surface area contributed by atoms with Gasteiger partial charge < -0.3 is 17.6 Å². The third-order valence-corrected chi connectivity index (χ3v) is 6.92. The van der Waals surface area contributed by atoms with E-state index in [1.807, 2.05) is 12.3 Å². The average molecular weight is 643 g/mol. The third kappa shape index (κ3) is 13.9. The molecule has 4 nitrogen and oxygen atoms in total. The zero-order chi connectivity index (χ0) is 30.1. The molecule has 0 spiro atoms. The summed E-state index contributed by atoms with van der Waals surface area (Å²) in [4.78, 5) is 8.99. The van der Waals surface area contributed by atoms with Crippen molar-refractivity contribution in [2.75, 3.05) is 0 Å². The largest absolute Gasteiger partial charge is 0.507 e. The van der Waals surface area contributed by atoms with Gasteiger partial charge in [0, 0.05) is 67.4 Å². The fourth-order valence-electron chi connectivity index (χ4n) is 3.96. The Labute approximate surface area is 272 Å². The van der Waals surface area contributed by atoms with Gasteiger partial charge in [-0.1, -0.05) is 81.4 Å². The molecule has 0 amide bonds. The van der Waals surface area contributed by atoms with E-state index in [0.717, 1.165) is 41.5 Å². The van der Waals surface area contributed by atoms with Crippen molar-refractivity contribution in [2.24, 2.45) is 15.9 Å². The van der Waals surface area contributed by atoms with Crippen LogP contribution >= 0.6 is 0 Å². The van der Waals surface area contributed by atoms with Crippen molar-refractivity contribution < 1.29 is 36.4 Å². The topological polar surface area (TPSA) is 65.2 Å². The summed E-state index contributed by atoms with van der Waals surface area (Å²) in [6.07, 6.45) is 6.55. The second-order valence-electron chi connectivity index (χ2n) is 13.5. The zero-order valence-electron chi connectivity index (χ0n) is 28.6. The van der Waals surface area contributed by atoms with Crippen LogP contribution in [0.15, 0.2) is 34.3 Å². The fraction of sp³-hybridized carbons (Fsp3) is 0.583. The molecule has 0 aliphatic heterocycles. The summed E-state index contributed by atoms with van der Waals surface area (Å²) in [5.41, 5.74) is 6.04. The first-order valence-corrected chi connectivity index (χ1v) is 14.7. The Morgan fingerprint density at radius 1 is 0.732 bits per heavy atom. The van der Waals surface area contributed by atoms with E-state index in [-0.39, 0.29) is 50.5 Å². The first kappa shape index (κ1) is 41.4.